The van der Waals surface area contributed by atoms with Gasteiger partial charge >= 0.3 is 0 Å². The first-order valence-corrected chi connectivity index (χ1v) is 11.8. The van der Waals surface area contributed by atoms with Gasteiger partial charge in [0.05, 0.1) is 11.4 Å². The molecule has 9 heteroatoms. The van der Waals surface area contributed by atoms with Crippen molar-refractivity contribution in [1.29, 1.82) is 0 Å². The summed E-state index contributed by atoms with van der Waals surface area (Å²) < 4.78 is 12.8. The lowest BCUT2D eigenvalue weighted by Gasteiger charge is -2.11. The molecule has 1 aliphatic rings. The molecule has 1 N–H and O–H groups in total. The van der Waals surface area contributed by atoms with E-state index < -0.39 is 0 Å². The number of carbonyl (C=O) groups excluding carboxylic acids is 2. The lowest BCUT2D eigenvalue weighted by Crippen LogP contribution is -2.23. The first-order valence-electron chi connectivity index (χ1n) is 10.8. The van der Waals surface area contributed by atoms with E-state index in [0.29, 0.717) is 41.0 Å². The van der Waals surface area contributed by atoms with Crippen molar-refractivity contribution >= 4 is 34.2 Å². The van der Waals surface area contributed by atoms with Gasteiger partial charge in [-0.15, -0.1) is 10.2 Å². The highest BCUT2D eigenvalue weighted by molar-refractivity contribution is 7.99. The molecule has 172 valence electrons. The molecule has 5 rings (SSSR count). The van der Waals surface area contributed by atoms with Crippen molar-refractivity contribution in [1.82, 2.24) is 20.1 Å². The molecular formula is C25H22N4O4S. The van der Waals surface area contributed by atoms with Crippen molar-refractivity contribution in [2.24, 2.45) is 0 Å². The second-order valence-electron chi connectivity index (χ2n) is 7.78. The van der Waals surface area contributed by atoms with Gasteiger partial charge in [-0.1, -0.05) is 48.2 Å². The van der Waals surface area contributed by atoms with E-state index in [1.54, 1.807) is 0 Å². The van der Waals surface area contributed by atoms with Gasteiger partial charge in [0.15, 0.2) is 22.4 Å². The van der Waals surface area contributed by atoms with Gasteiger partial charge in [-0.3, -0.25) is 14.2 Å². The topological polar surface area (TPSA) is 95.3 Å². The van der Waals surface area contributed by atoms with Crippen molar-refractivity contribution in [2.45, 2.75) is 18.5 Å². The monoisotopic (exact) mass is 474 g/mol. The number of nitrogens with zero attached hydrogens (tertiary/aromatic N) is 3. The fourth-order valence-electron chi connectivity index (χ4n) is 3.77. The number of aromatic nitrogens is 3. The zero-order valence-corrected chi connectivity index (χ0v) is 19.3. The largest absolute Gasteiger partial charge is 0.454 e. The van der Waals surface area contributed by atoms with Crippen LogP contribution in [0.2, 0.25) is 0 Å². The van der Waals surface area contributed by atoms with Crippen molar-refractivity contribution in [3.8, 4) is 17.2 Å². The Labute approximate surface area is 200 Å². The van der Waals surface area contributed by atoms with Gasteiger partial charge in [0, 0.05) is 31.5 Å². The van der Waals surface area contributed by atoms with Crippen LogP contribution in [0, 0.1) is 0 Å². The molecule has 0 atom stereocenters. The third kappa shape index (κ3) is 4.60. The molecule has 0 fully saturated rings. The van der Waals surface area contributed by atoms with Crippen LogP contribution in [-0.4, -0.2) is 45.5 Å². The van der Waals surface area contributed by atoms with Gasteiger partial charge in [-0.25, -0.2) is 0 Å². The molecule has 0 saturated carbocycles. The number of amides is 1. The van der Waals surface area contributed by atoms with Crippen LogP contribution in [0.3, 0.4) is 0 Å². The minimum atomic E-state index is -0.107. The van der Waals surface area contributed by atoms with Crippen LogP contribution in [0.25, 0.3) is 16.5 Å². The first-order chi connectivity index (χ1) is 16.6. The minimum absolute atomic E-state index is 0.00999. The zero-order chi connectivity index (χ0) is 23.5. The molecule has 0 radical (unpaired) electrons. The van der Waals surface area contributed by atoms with Gasteiger partial charge in [-0.2, -0.15) is 0 Å². The molecular weight excluding hydrogens is 452 g/mol. The summed E-state index contributed by atoms with van der Waals surface area (Å²) in [5.74, 6) is 2.11. The average Bonchev–Trinajstić information content (AvgIpc) is 3.48. The van der Waals surface area contributed by atoms with Crippen LogP contribution in [0.15, 0.2) is 65.8 Å². The maximum absolute atomic E-state index is 13.0. The molecule has 8 nitrogen and oxygen atoms in total. The van der Waals surface area contributed by atoms with E-state index >= 15 is 0 Å². The average molecular weight is 475 g/mol. The third-order valence-electron chi connectivity index (χ3n) is 5.44. The van der Waals surface area contributed by atoms with E-state index in [2.05, 4.69) is 15.5 Å². The number of nitrogens with one attached hydrogen (secondary N) is 1. The number of thioether (sulfide) groups is 1. The Bertz CT molecular complexity index is 1380. The molecule has 3 aromatic carbocycles. The zero-order valence-electron chi connectivity index (χ0n) is 18.5. The molecule has 0 unspecified atom stereocenters. The van der Waals surface area contributed by atoms with Crippen LogP contribution in [0.4, 0.5) is 0 Å². The molecule has 1 aromatic heterocycles. The van der Waals surface area contributed by atoms with E-state index in [1.807, 2.05) is 65.2 Å². The summed E-state index contributed by atoms with van der Waals surface area (Å²) in [5.41, 5.74) is 1.46. The molecule has 0 bridgehead atoms. The van der Waals surface area contributed by atoms with Crippen LogP contribution in [0.1, 0.15) is 23.1 Å². The number of carbonyl (C=O) groups is 2. The number of ether oxygens (including phenoxy) is 2. The molecule has 0 aliphatic carbocycles. The summed E-state index contributed by atoms with van der Waals surface area (Å²) in [6, 6.07) is 19.3. The van der Waals surface area contributed by atoms with Crippen LogP contribution < -0.4 is 14.8 Å². The number of ketones is 1. The Hall–Kier alpha value is -3.85. The number of fused-ring (bicyclic) bond motifs is 2. The highest BCUT2D eigenvalue weighted by Crippen LogP contribution is 2.35. The number of hydrogen-bond acceptors (Lipinski definition) is 7. The van der Waals surface area contributed by atoms with Crippen LogP contribution >= 0.6 is 11.8 Å². The number of rotatable bonds is 8. The molecule has 2 heterocycles. The highest BCUT2D eigenvalue weighted by atomic mass is 32.2. The van der Waals surface area contributed by atoms with Gasteiger partial charge in [0.1, 0.15) is 5.82 Å². The molecule has 34 heavy (non-hydrogen) atoms. The summed E-state index contributed by atoms with van der Waals surface area (Å²) >= 11 is 1.32. The standard InChI is InChI=1S/C25H22N4O4S/c1-16(30)26-11-10-24-27-28-25(29(24)20-8-9-22-23(13-20)33-15-32-22)34-14-21(31)19-7-6-17-4-2-3-5-18(17)12-19/h2-9,12-13H,10-11,14-15H2,1H3,(H,26,30). The summed E-state index contributed by atoms with van der Waals surface area (Å²) in [6.07, 6.45) is 0.486. The summed E-state index contributed by atoms with van der Waals surface area (Å²) in [5, 5.41) is 14.2. The van der Waals surface area contributed by atoms with Gasteiger partial charge in [0.25, 0.3) is 0 Å². The van der Waals surface area contributed by atoms with Gasteiger partial charge in [-0.05, 0) is 29.0 Å². The second kappa shape index (κ2) is 9.56. The van der Waals surface area contributed by atoms with Gasteiger partial charge in [0.2, 0.25) is 12.7 Å². The van der Waals surface area contributed by atoms with E-state index in [0.717, 1.165) is 16.5 Å². The second-order valence-corrected chi connectivity index (χ2v) is 8.72. The summed E-state index contributed by atoms with van der Waals surface area (Å²) in [6.45, 7) is 2.08. The fraction of sp³-hybridized carbons (Fsp3) is 0.200. The Balaban J connectivity index is 1.39. The number of hydrogen-bond donors (Lipinski definition) is 1. The third-order valence-corrected chi connectivity index (χ3v) is 6.37. The maximum Gasteiger partial charge on any atom is 0.231 e. The lowest BCUT2D eigenvalue weighted by molar-refractivity contribution is -0.118. The molecule has 1 amide bonds. The van der Waals surface area contributed by atoms with E-state index in [1.165, 1.54) is 18.7 Å². The fourth-order valence-corrected chi connectivity index (χ4v) is 4.63. The normalized spacial score (nSPS) is 12.1. The molecule has 4 aromatic rings. The number of Topliss-reactive ketones (excluding diaryl/α,β-unsaturated/α-hetero) is 1. The Morgan fingerprint density at radius 3 is 2.68 bits per heavy atom. The highest BCUT2D eigenvalue weighted by Gasteiger charge is 2.20. The van der Waals surface area contributed by atoms with Crippen molar-refractivity contribution in [2.75, 3.05) is 19.1 Å². The summed E-state index contributed by atoms with van der Waals surface area (Å²) in [7, 11) is 0. The Morgan fingerprint density at radius 2 is 1.82 bits per heavy atom. The van der Waals surface area contributed by atoms with E-state index in [-0.39, 0.29) is 24.2 Å². The van der Waals surface area contributed by atoms with Crippen LogP contribution in [-0.2, 0) is 11.2 Å². The molecule has 0 saturated heterocycles. The lowest BCUT2D eigenvalue weighted by atomic mass is 10.1. The van der Waals surface area contributed by atoms with Crippen LogP contribution in [0.5, 0.6) is 11.5 Å². The predicted molar refractivity (Wildman–Crippen MR) is 129 cm³/mol. The Kier molecular flexibility index (Phi) is 6.18. The number of benzene rings is 3. The summed E-state index contributed by atoms with van der Waals surface area (Å²) in [4.78, 5) is 24.2. The van der Waals surface area contributed by atoms with Gasteiger partial charge < -0.3 is 14.8 Å². The Morgan fingerprint density at radius 1 is 1.00 bits per heavy atom. The predicted octanol–water partition coefficient (Wildman–Crippen LogP) is 3.80. The molecule has 1 aliphatic heterocycles. The minimum Gasteiger partial charge on any atom is -0.454 e. The maximum atomic E-state index is 13.0. The van der Waals surface area contributed by atoms with E-state index in [4.69, 9.17) is 9.47 Å². The van der Waals surface area contributed by atoms with Crippen molar-refractivity contribution < 1.29 is 19.1 Å². The SMILES string of the molecule is CC(=O)NCCc1nnc(SCC(=O)c2ccc3ccccc3c2)n1-c1ccc2c(c1)OCO2. The van der Waals surface area contributed by atoms with Crippen molar-refractivity contribution in [3.63, 3.8) is 0 Å². The first kappa shape index (κ1) is 22.0. The quantitative estimate of drug-likeness (QED) is 0.307. The molecule has 0 spiro atoms. The van der Waals surface area contributed by atoms with Crippen molar-refractivity contribution in [3.05, 3.63) is 72.1 Å². The smallest absolute Gasteiger partial charge is 0.231 e. The van der Waals surface area contributed by atoms with E-state index in [9.17, 15) is 9.59 Å².